The summed E-state index contributed by atoms with van der Waals surface area (Å²) in [7, 11) is 0. The zero-order valence-electron chi connectivity index (χ0n) is 17.9. The van der Waals surface area contributed by atoms with Crippen LogP contribution in [0.2, 0.25) is 5.02 Å². The summed E-state index contributed by atoms with van der Waals surface area (Å²) in [6.07, 6.45) is 1.80. The lowest BCUT2D eigenvalue weighted by Crippen LogP contribution is -2.50. The predicted molar refractivity (Wildman–Crippen MR) is 126 cm³/mol. The Bertz CT molecular complexity index is 799. The molecule has 0 aromatic heterocycles. The number of hydrogen-bond donors (Lipinski definition) is 1. The van der Waals surface area contributed by atoms with Crippen molar-refractivity contribution in [1.82, 2.24) is 10.2 Å². The maximum atomic E-state index is 13.2. The Morgan fingerprint density at radius 1 is 1.03 bits per heavy atom. The van der Waals surface area contributed by atoms with E-state index in [0.29, 0.717) is 30.2 Å². The largest absolute Gasteiger partial charge is 0.352 e. The molecule has 0 aliphatic carbocycles. The molecule has 0 heterocycles. The minimum absolute atomic E-state index is 0.00790. The fourth-order valence-electron chi connectivity index (χ4n) is 3.07. The van der Waals surface area contributed by atoms with E-state index in [-0.39, 0.29) is 17.9 Å². The van der Waals surface area contributed by atoms with E-state index in [9.17, 15) is 9.59 Å². The molecule has 0 fully saturated rings. The van der Waals surface area contributed by atoms with Crippen LogP contribution in [0.4, 0.5) is 0 Å². The topological polar surface area (TPSA) is 49.4 Å². The molecule has 2 rings (SSSR count). The lowest BCUT2D eigenvalue weighted by molar-refractivity contribution is -0.141. The second kappa shape index (κ2) is 12.7. The smallest absolute Gasteiger partial charge is 0.243 e. The molecule has 2 amide bonds. The molecule has 0 saturated heterocycles. The van der Waals surface area contributed by atoms with E-state index in [0.717, 1.165) is 16.9 Å². The van der Waals surface area contributed by atoms with Crippen molar-refractivity contribution in [2.45, 2.75) is 63.6 Å². The van der Waals surface area contributed by atoms with Gasteiger partial charge in [-0.15, -0.1) is 11.8 Å². The van der Waals surface area contributed by atoms with Crippen molar-refractivity contribution in [3.05, 3.63) is 65.2 Å². The molecule has 162 valence electrons. The molecule has 2 atom stereocenters. The highest BCUT2D eigenvalue weighted by molar-refractivity contribution is 7.99. The Labute approximate surface area is 189 Å². The number of thioether (sulfide) groups is 1. The number of carbonyl (C=O) groups excluding carboxylic acids is 2. The molecular weight excluding hydrogens is 416 g/mol. The van der Waals surface area contributed by atoms with Gasteiger partial charge in [0.15, 0.2) is 0 Å². The van der Waals surface area contributed by atoms with Crippen LogP contribution in [0.5, 0.6) is 0 Å². The minimum Gasteiger partial charge on any atom is -0.352 e. The van der Waals surface area contributed by atoms with Gasteiger partial charge in [0.25, 0.3) is 0 Å². The first-order valence-electron chi connectivity index (χ1n) is 10.5. The van der Waals surface area contributed by atoms with Crippen LogP contribution in [0, 0.1) is 0 Å². The van der Waals surface area contributed by atoms with Crippen molar-refractivity contribution >= 4 is 35.2 Å². The van der Waals surface area contributed by atoms with E-state index >= 15 is 0 Å². The van der Waals surface area contributed by atoms with Crippen LogP contribution in [0.3, 0.4) is 0 Å². The average molecular weight is 447 g/mol. The Hall–Kier alpha value is -1.98. The van der Waals surface area contributed by atoms with Gasteiger partial charge in [0.2, 0.25) is 11.8 Å². The van der Waals surface area contributed by atoms with E-state index < -0.39 is 6.04 Å². The highest BCUT2D eigenvalue weighted by atomic mass is 35.5. The van der Waals surface area contributed by atoms with E-state index in [2.05, 4.69) is 5.32 Å². The maximum absolute atomic E-state index is 13.2. The molecule has 0 aliphatic heterocycles. The van der Waals surface area contributed by atoms with Crippen LogP contribution in [0.1, 0.15) is 45.6 Å². The Morgan fingerprint density at radius 2 is 1.70 bits per heavy atom. The highest BCUT2D eigenvalue weighted by Crippen LogP contribution is 2.22. The summed E-state index contributed by atoms with van der Waals surface area (Å²) >= 11 is 7.55. The highest BCUT2D eigenvalue weighted by Gasteiger charge is 2.28. The SMILES string of the molecule is CC[C@H](C(=O)N[C@@H](C)CC)N(Cc1ccccc1)C(=O)CCSc1ccc(Cl)cc1. The monoisotopic (exact) mass is 446 g/mol. The van der Waals surface area contributed by atoms with E-state index in [1.807, 2.05) is 75.4 Å². The van der Waals surface area contributed by atoms with Crippen molar-refractivity contribution in [2.24, 2.45) is 0 Å². The molecule has 4 nitrogen and oxygen atoms in total. The molecule has 0 saturated carbocycles. The lowest BCUT2D eigenvalue weighted by Gasteiger charge is -2.31. The molecule has 0 spiro atoms. The summed E-state index contributed by atoms with van der Waals surface area (Å²) in [6.45, 7) is 6.40. The number of benzene rings is 2. The number of nitrogens with one attached hydrogen (secondary N) is 1. The molecule has 2 aromatic rings. The van der Waals surface area contributed by atoms with Gasteiger partial charge in [-0.3, -0.25) is 9.59 Å². The summed E-state index contributed by atoms with van der Waals surface area (Å²) in [5.74, 6) is 0.558. The van der Waals surface area contributed by atoms with Crippen molar-refractivity contribution in [1.29, 1.82) is 0 Å². The van der Waals surface area contributed by atoms with Gasteiger partial charge in [-0.2, -0.15) is 0 Å². The third-order valence-corrected chi connectivity index (χ3v) is 6.25. The predicted octanol–water partition coefficient (Wildman–Crippen LogP) is 5.54. The summed E-state index contributed by atoms with van der Waals surface area (Å²) < 4.78 is 0. The molecule has 0 radical (unpaired) electrons. The third-order valence-electron chi connectivity index (χ3n) is 4.98. The van der Waals surface area contributed by atoms with Crippen LogP contribution >= 0.6 is 23.4 Å². The minimum atomic E-state index is -0.479. The van der Waals surface area contributed by atoms with Crippen molar-refractivity contribution in [3.8, 4) is 0 Å². The molecule has 1 N–H and O–H groups in total. The van der Waals surface area contributed by atoms with Crippen LogP contribution in [-0.4, -0.2) is 34.6 Å². The summed E-state index contributed by atoms with van der Waals surface area (Å²) in [5, 5.41) is 3.74. The number of carbonyl (C=O) groups is 2. The second-order valence-corrected chi connectivity index (χ2v) is 8.91. The number of amides is 2. The van der Waals surface area contributed by atoms with Crippen LogP contribution in [-0.2, 0) is 16.1 Å². The standard InChI is InChI=1S/C24H31ClN2O2S/c1-4-18(3)26-24(29)22(5-2)27(17-19-9-7-6-8-10-19)23(28)15-16-30-21-13-11-20(25)12-14-21/h6-14,18,22H,4-5,15-17H2,1-3H3,(H,26,29)/t18-,22+/m0/s1. The fourth-order valence-corrected chi connectivity index (χ4v) is 4.04. The number of hydrogen-bond acceptors (Lipinski definition) is 3. The Balaban J connectivity index is 2.09. The maximum Gasteiger partial charge on any atom is 0.243 e. The van der Waals surface area contributed by atoms with Gasteiger partial charge in [-0.25, -0.2) is 0 Å². The zero-order chi connectivity index (χ0) is 21.9. The van der Waals surface area contributed by atoms with Crippen molar-refractivity contribution in [3.63, 3.8) is 0 Å². The molecule has 30 heavy (non-hydrogen) atoms. The quantitative estimate of drug-likeness (QED) is 0.460. The summed E-state index contributed by atoms with van der Waals surface area (Å²) in [4.78, 5) is 28.9. The fraction of sp³-hybridized carbons (Fsp3) is 0.417. The van der Waals surface area contributed by atoms with Crippen LogP contribution in [0.15, 0.2) is 59.5 Å². The van der Waals surface area contributed by atoms with Gasteiger partial charge in [-0.05, 0) is 49.6 Å². The Kier molecular flexibility index (Phi) is 10.2. The van der Waals surface area contributed by atoms with Gasteiger partial charge < -0.3 is 10.2 Å². The average Bonchev–Trinajstić information content (AvgIpc) is 2.75. The number of nitrogens with zero attached hydrogens (tertiary/aromatic N) is 1. The summed E-state index contributed by atoms with van der Waals surface area (Å²) in [5.41, 5.74) is 1.02. The first-order chi connectivity index (χ1) is 14.4. The molecule has 0 unspecified atom stereocenters. The first kappa shape index (κ1) is 24.3. The van der Waals surface area contributed by atoms with Gasteiger partial charge >= 0.3 is 0 Å². The van der Waals surface area contributed by atoms with E-state index in [1.165, 1.54) is 0 Å². The van der Waals surface area contributed by atoms with Gasteiger partial charge in [0.05, 0.1) is 0 Å². The zero-order valence-corrected chi connectivity index (χ0v) is 19.5. The number of halogens is 1. The molecule has 0 bridgehead atoms. The molecule has 2 aromatic carbocycles. The van der Waals surface area contributed by atoms with Crippen LogP contribution < -0.4 is 5.32 Å². The normalized spacial score (nSPS) is 12.8. The molecule has 0 aliphatic rings. The van der Waals surface area contributed by atoms with Gasteiger partial charge in [0.1, 0.15) is 6.04 Å². The second-order valence-electron chi connectivity index (χ2n) is 7.30. The first-order valence-corrected chi connectivity index (χ1v) is 11.8. The lowest BCUT2D eigenvalue weighted by atomic mass is 10.1. The van der Waals surface area contributed by atoms with Gasteiger partial charge in [0, 0.05) is 34.7 Å². The third kappa shape index (κ3) is 7.69. The van der Waals surface area contributed by atoms with E-state index in [1.54, 1.807) is 16.7 Å². The van der Waals surface area contributed by atoms with Crippen molar-refractivity contribution < 1.29 is 9.59 Å². The number of rotatable bonds is 11. The molecular formula is C24H31ClN2O2S. The molecule has 6 heteroatoms. The van der Waals surface area contributed by atoms with E-state index in [4.69, 9.17) is 11.6 Å². The summed E-state index contributed by atoms with van der Waals surface area (Å²) in [6, 6.07) is 17.0. The van der Waals surface area contributed by atoms with Crippen LogP contribution in [0.25, 0.3) is 0 Å². The van der Waals surface area contributed by atoms with Crippen molar-refractivity contribution in [2.75, 3.05) is 5.75 Å². The Morgan fingerprint density at radius 3 is 2.30 bits per heavy atom. The van der Waals surface area contributed by atoms with Gasteiger partial charge in [-0.1, -0.05) is 55.8 Å².